The lowest BCUT2D eigenvalue weighted by molar-refractivity contribution is 0.194. The molecule has 66 valence electrons. The predicted molar refractivity (Wildman–Crippen MR) is 44.6 cm³/mol. The molecule has 12 heavy (non-hydrogen) atoms. The molecule has 1 aliphatic carbocycles. The second-order valence-corrected chi connectivity index (χ2v) is 3.81. The van der Waals surface area contributed by atoms with Crippen LogP contribution in [0.25, 0.3) is 0 Å². The molecule has 0 aliphatic heterocycles. The van der Waals surface area contributed by atoms with Gasteiger partial charge in [0, 0.05) is 0 Å². The SMILES string of the molecule is CC1(n2cnnn2)CCCCC1. The second kappa shape index (κ2) is 2.84. The van der Waals surface area contributed by atoms with Crippen LogP contribution in [-0.2, 0) is 5.54 Å². The number of hydrogen-bond donors (Lipinski definition) is 0. The van der Waals surface area contributed by atoms with Crippen LogP contribution in [0.2, 0.25) is 0 Å². The molecular weight excluding hydrogens is 152 g/mol. The van der Waals surface area contributed by atoms with E-state index < -0.39 is 0 Å². The molecule has 1 saturated carbocycles. The summed E-state index contributed by atoms with van der Waals surface area (Å²) in [5.41, 5.74) is 0.182. The molecule has 1 fully saturated rings. The van der Waals surface area contributed by atoms with Crippen LogP contribution in [0, 0.1) is 0 Å². The Morgan fingerprint density at radius 3 is 2.58 bits per heavy atom. The number of nitrogens with zero attached hydrogens (tertiary/aromatic N) is 4. The Morgan fingerprint density at radius 2 is 2.00 bits per heavy atom. The van der Waals surface area contributed by atoms with Crippen LogP contribution < -0.4 is 0 Å². The maximum absolute atomic E-state index is 3.97. The second-order valence-electron chi connectivity index (χ2n) is 3.81. The molecule has 1 heterocycles. The third-order valence-electron chi connectivity index (χ3n) is 2.83. The van der Waals surface area contributed by atoms with Crippen molar-refractivity contribution in [2.45, 2.75) is 44.6 Å². The van der Waals surface area contributed by atoms with Crippen molar-refractivity contribution in [3.05, 3.63) is 6.33 Å². The van der Waals surface area contributed by atoms with E-state index in [4.69, 9.17) is 0 Å². The Labute approximate surface area is 72.0 Å². The minimum atomic E-state index is 0.182. The van der Waals surface area contributed by atoms with Crippen LogP contribution in [0.3, 0.4) is 0 Å². The lowest BCUT2D eigenvalue weighted by atomic mass is 9.83. The van der Waals surface area contributed by atoms with Crippen molar-refractivity contribution in [1.29, 1.82) is 0 Å². The molecule has 4 heteroatoms. The molecule has 1 aliphatic rings. The number of aromatic nitrogens is 4. The first-order valence-electron chi connectivity index (χ1n) is 4.55. The van der Waals surface area contributed by atoms with Crippen molar-refractivity contribution >= 4 is 0 Å². The summed E-state index contributed by atoms with van der Waals surface area (Å²) < 4.78 is 1.91. The predicted octanol–water partition coefficient (Wildman–Crippen LogP) is 1.35. The Hall–Kier alpha value is -0.930. The molecule has 0 atom stereocenters. The summed E-state index contributed by atoms with van der Waals surface area (Å²) in [7, 11) is 0. The van der Waals surface area contributed by atoms with Gasteiger partial charge in [0.25, 0.3) is 0 Å². The van der Waals surface area contributed by atoms with Gasteiger partial charge in [-0.1, -0.05) is 19.3 Å². The highest BCUT2D eigenvalue weighted by Crippen LogP contribution is 2.32. The molecule has 1 aromatic rings. The van der Waals surface area contributed by atoms with E-state index in [0.717, 1.165) is 0 Å². The van der Waals surface area contributed by atoms with Crippen LogP contribution in [0.1, 0.15) is 39.0 Å². The maximum atomic E-state index is 3.97. The Bertz CT molecular complexity index is 236. The topological polar surface area (TPSA) is 43.6 Å². The molecule has 0 spiro atoms. The van der Waals surface area contributed by atoms with Crippen molar-refractivity contribution in [2.24, 2.45) is 0 Å². The van der Waals surface area contributed by atoms with E-state index in [1.165, 1.54) is 32.1 Å². The molecule has 0 radical (unpaired) electrons. The molecule has 0 bridgehead atoms. The summed E-state index contributed by atoms with van der Waals surface area (Å²) in [4.78, 5) is 0. The lowest BCUT2D eigenvalue weighted by Gasteiger charge is -2.32. The van der Waals surface area contributed by atoms with E-state index in [0.29, 0.717) is 0 Å². The minimum Gasteiger partial charge on any atom is -0.227 e. The van der Waals surface area contributed by atoms with E-state index in [-0.39, 0.29) is 5.54 Å². The van der Waals surface area contributed by atoms with Gasteiger partial charge in [-0.3, -0.25) is 0 Å². The molecule has 0 amide bonds. The zero-order valence-electron chi connectivity index (χ0n) is 7.40. The van der Waals surface area contributed by atoms with Crippen LogP contribution in [0.5, 0.6) is 0 Å². The van der Waals surface area contributed by atoms with Gasteiger partial charge in [0.05, 0.1) is 5.54 Å². The van der Waals surface area contributed by atoms with Crippen LogP contribution in [0.4, 0.5) is 0 Å². The van der Waals surface area contributed by atoms with Crippen LogP contribution in [-0.4, -0.2) is 20.2 Å². The summed E-state index contributed by atoms with van der Waals surface area (Å²) in [6.45, 7) is 2.24. The van der Waals surface area contributed by atoms with Gasteiger partial charge >= 0.3 is 0 Å². The van der Waals surface area contributed by atoms with Crippen molar-refractivity contribution < 1.29 is 0 Å². The third-order valence-corrected chi connectivity index (χ3v) is 2.83. The van der Waals surface area contributed by atoms with Gasteiger partial charge in [0.2, 0.25) is 0 Å². The maximum Gasteiger partial charge on any atom is 0.138 e. The van der Waals surface area contributed by atoms with E-state index in [9.17, 15) is 0 Å². The van der Waals surface area contributed by atoms with E-state index in [1.54, 1.807) is 6.33 Å². The van der Waals surface area contributed by atoms with Gasteiger partial charge in [0.1, 0.15) is 6.33 Å². The highest BCUT2D eigenvalue weighted by molar-refractivity contribution is 4.82. The molecule has 0 unspecified atom stereocenters. The molecule has 0 aromatic carbocycles. The van der Waals surface area contributed by atoms with Crippen molar-refractivity contribution in [2.75, 3.05) is 0 Å². The fraction of sp³-hybridized carbons (Fsp3) is 0.875. The molecule has 0 saturated heterocycles. The average molecular weight is 166 g/mol. The largest absolute Gasteiger partial charge is 0.227 e. The summed E-state index contributed by atoms with van der Waals surface area (Å²) in [6.07, 6.45) is 8.10. The van der Waals surface area contributed by atoms with Gasteiger partial charge in [-0.2, -0.15) is 0 Å². The smallest absolute Gasteiger partial charge is 0.138 e. The first-order chi connectivity index (χ1) is 5.81. The van der Waals surface area contributed by atoms with E-state index in [1.807, 2.05) is 4.68 Å². The zero-order chi connectivity index (χ0) is 8.44. The fourth-order valence-corrected chi connectivity index (χ4v) is 1.95. The Balaban J connectivity index is 2.19. The Morgan fingerprint density at radius 1 is 1.25 bits per heavy atom. The summed E-state index contributed by atoms with van der Waals surface area (Å²) in [5, 5.41) is 11.3. The normalized spacial score (nSPS) is 22.4. The monoisotopic (exact) mass is 166 g/mol. The van der Waals surface area contributed by atoms with Crippen molar-refractivity contribution in [3.8, 4) is 0 Å². The standard InChI is InChI=1S/C8H14N4/c1-8(5-3-2-4-6-8)12-7-9-10-11-12/h7H,2-6H2,1H3. The van der Waals surface area contributed by atoms with E-state index >= 15 is 0 Å². The Kier molecular flexibility index (Phi) is 1.83. The number of tetrazole rings is 1. The van der Waals surface area contributed by atoms with E-state index in [2.05, 4.69) is 22.4 Å². The van der Waals surface area contributed by atoms with Crippen molar-refractivity contribution in [1.82, 2.24) is 20.2 Å². The van der Waals surface area contributed by atoms with Gasteiger partial charge < -0.3 is 0 Å². The van der Waals surface area contributed by atoms with Gasteiger partial charge in [0.15, 0.2) is 0 Å². The minimum absolute atomic E-state index is 0.182. The zero-order valence-corrected chi connectivity index (χ0v) is 7.40. The first kappa shape index (κ1) is 7.71. The molecular formula is C8H14N4. The van der Waals surface area contributed by atoms with Crippen molar-refractivity contribution in [3.63, 3.8) is 0 Å². The van der Waals surface area contributed by atoms with Gasteiger partial charge in [-0.15, -0.1) is 5.10 Å². The summed E-state index contributed by atoms with van der Waals surface area (Å²) in [6, 6.07) is 0. The quantitative estimate of drug-likeness (QED) is 0.632. The van der Waals surface area contributed by atoms with Gasteiger partial charge in [-0.05, 0) is 30.2 Å². The van der Waals surface area contributed by atoms with Crippen LogP contribution in [0.15, 0.2) is 6.33 Å². The molecule has 0 N–H and O–H groups in total. The highest BCUT2D eigenvalue weighted by atomic mass is 15.5. The highest BCUT2D eigenvalue weighted by Gasteiger charge is 2.29. The number of rotatable bonds is 1. The van der Waals surface area contributed by atoms with Crippen LogP contribution >= 0.6 is 0 Å². The van der Waals surface area contributed by atoms with Gasteiger partial charge in [-0.25, -0.2) is 4.68 Å². The molecule has 2 rings (SSSR count). The molecule has 4 nitrogen and oxygen atoms in total. The first-order valence-corrected chi connectivity index (χ1v) is 4.55. The number of hydrogen-bond acceptors (Lipinski definition) is 3. The lowest BCUT2D eigenvalue weighted by Crippen LogP contribution is -2.32. The fourth-order valence-electron chi connectivity index (χ4n) is 1.95. The third kappa shape index (κ3) is 1.21. The molecule has 1 aromatic heterocycles. The summed E-state index contributed by atoms with van der Waals surface area (Å²) in [5.74, 6) is 0. The average Bonchev–Trinajstić information content (AvgIpc) is 2.58. The summed E-state index contributed by atoms with van der Waals surface area (Å²) >= 11 is 0.